The Morgan fingerprint density at radius 2 is 0.538 bits per heavy atom. The number of hydrogen-bond acceptors (Lipinski definition) is 3. The van der Waals surface area contributed by atoms with Gasteiger partial charge < -0.3 is 9.84 Å². The first-order valence-corrected chi connectivity index (χ1v) is 17.8. The van der Waals surface area contributed by atoms with Crippen molar-refractivity contribution in [1.29, 1.82) is 0 Å². The van der Waals surface area contributed by atoms with Gasteiger partial charge in [0.15, 0.2) is 0 Å². The minimum absolute atomic E-state index is 0.0365. The van der Waals surface area contributed by atoms with E-state index in [1.54, 1.807) is 0 Å². The van der Waals surface area contributed by atoms with E-state index in [1.165, 1.54) is 0 Å². The van der Waals surface area contributed by atoms with Gasteiger partial charge in [-0.3, -0.25) is 0 Å². The standard InChI is InChI=1S/2C16H9F21O2/c1-5(2)6(38)39-4-3-7(17,18)8(19,20)9(21,22)10(23,24)11(25,26)12(27,28)13(29,30)14(31,32)15(33,34)16(35,36)37;1-5(6(38)39)3-2-4-7(17,18)8(19,20)9(21,22)10(23,24)11(25,26)12(27,28)13(29,30)14(31,32)15(33,34)16(35,36)37/h1,3-4H2,2H3;3H,2,4H2,1H3,(H,38,39). The van der Waals surface area contributed by atoms with Gasteiger partial charge in [-0.15, -0.1) is 0 Å². The molecule has 0 amide bonds. The van der Waals surface area contributed by atoms with Crippen molar-refractivity contribution in [2.24, 2.45) is 0 Å². The summed E-state index contributed by atoms with van der Waals surface area (Å²) in [5, 5.41) is 8.39. The monoisotopic (exact) mass is 1260 g/mol. The van der Waals surface area contributed by atoms with Crippen molar-refractivity contribution in [3.05, 3.63) is 23.8 Å². The fourth-order valence-corrected chi connectivity index (χ4v) is 4.45. The molecule has 0 aromatic carbocycles. The van der Waals surface area contributed by atoms with Gasteiger partial charge in [0.25, 0.3) is 0 Å². The number of alkyl halides is 42. The summed E-state index contributed by atoms with van der Waals surface area (Å²) < 4.78 is 558. The van der Waals surface area contributed by atoms with Crippen molar-refractivity contribution >= 4 is 11.9 Å². The Morgan fingerprint density at radius 3 is 0.731 bits per heavy atom. The lowest BCUT2D eigenvalue weighted by Gasteiger charge is -2.44. The smallest absolute Gasteiger partial charge is 0.460 e. The number of hydrogen-bond donors (Lipinski definition) is 1. The molecule has 0 saturated carbocycles. The first-order valence-electron chi connectivity index (χ1n) is 17.8. The van der Waals surface area contributed by atoms with Crippen LogP contribution in [-0.2, 0) is 14.3 Å². The van der Waals surface area contributed by atoms with Crippen LogP contribution >= 0.6 is 0 Å². The Kier molecular flexibility index (Phi) is 20.1. The lowest BCUT2D eigenvalue weighted by molar-refractivity contribution is -0.474. The molecular weight excluding hydrogens is 1250 g/mol. The highest BCUT2D eigenvalue weighted by Gasteiger charge is 3.00. The average Bonchev–Trinajstić information content (AvgIpc) is 3.21. The third kappa shape index (κ3) is 11.0. The normalized spacial score (nSPS) is 16.2. The minimum Gasteiger partial charge on any atom is -0.478 e. The fourth-order valence-electron chi connectivity index (χ4n) is 4.45. The quantitative estimate of drug-likeness (QED) is 0.0594. The van der Waals surface area contributed by atoms with Crippen LogP contribution in [0.5, 0.6) is 0 Å². The predicted octanol–water partition coefficient (Wildman–Crippen LogP) is 15.9. The molecule has 4 nitrogen and oxygen atoms in total. The number of carbonyl (C=O) groups is 2. The number of carboxylic acids is 1. The molecule has 0 saturated heterocycles. The lowest BCUT2D eigenvalue weighted by Crippen LogP contribution is -2.76. The molecule has 0 aliphatic heterocycles. The maximum atomic E-state index is 13.7. The number of halogens is 42. The van der Waals surface area contributed by atoms with Gasteiger partial charge in [0.05, 0.1) is 13.0 Å². The van der Waals surface area contributed by atoms with Crippen LogP contribution in [0.2, 0.25) is 0 Å². The molecule has 0 fully saturated rings. The minimum atomic E-state index is -9.21. The zero-order valence-corrected chi connectivity index (χ0v) is 35.7. The SMILES string of the molecule is C=C(C)C(=O)OCCC(F)(F)C(F)(F)C(F)(F)C(F)(F)C(F)(F)C(F)(F)C(F)(F)C(F)(F)C(F)(F)C(F)(F)F.CC(=CCCC(F)(F)C(F)(F)C(F)(F)C(F)(F)C(F)(F)C(F)(F)C(F)(F)C(F)(F)C(F)(F)C(F)(F)F)C(=O)O. The van der Waals surface area contributed by atoms with Crippen molar-refractivity contribution in [2.75, 3.05) is 6.61 Å². The highest BCUT2D eigenvalue weighted by atomic mass is 19.5. The number of ether oxygens (including phenoxy) is 1. The lowest BCUT2D eigenvalue weighted by atomic mass is 9.85. The third-order valence-electron chi connectivity index (χ3n) is 9.40. The number of carbonyl (C=O) groups excluding carboxylic acids is 1. The van der Waals surface area contributed by atoms with Gasteiger partial charge in [0, 0.05) is 17.6 Å². The molecule has 0 atom stereocenters. The van der Waals surface area contributed by atoms with Crippen LogP contribution in [-0.4, -0.2) is 143 Å². The average molecular weight is 1260 g/mol. The van der Waals surface area contributed by atoms with E-state index in [0.717, 1.165) is 6.92 Å². The first kappa shape index (κ1) is 75.6. The van der Waals surface area contributed by atoms with Crippen molar-refractivity contribution in [3.8, 4) is 0 Å². The van der Waals surface area contributed by atoms with Crippen LogP contribution in [0.1, 0.15) is 33.1 Å². The molecule has 1 N–H and O–H groups in total. The summed E-state index contributed by atoms with van der Waals surface area (Å²) in [6, 6.07) is 0. The topological polar surface area (TPSA) is 63.6 Å². The molecule has 0 aliphatic carbocycles. The summed E-state index contributed by atoms with van der Waals surface area (Å²) in [5.41, 5.74) is -1.67. The van der Waals surface area contributed by atoms with Gasteiger partial charge in [-0.2, -0.15) is 184 Å². The molecule has 0 aromatic heterocycles. The maximum absolute atomic E-state index is 13.7. The molecule has 0 bridgehead atoms. The Morgan fingerprint density at radius 1 is 0.346 bits per heavy atom. The van der Waals surface area contributed by atoms with E-state index >= 15 is 0 Å². The number of rotatable bonds is 24. The van der Waals surface area contributed by atoms with Crippen LogP contribution in [0, 0.1) is 0 Å². The molecule has 0 radical (unpaired) electrons. The summed E-state index contributed by atoms with van der Waals surface area (Å²) in [6.07, 6.45) is -23.7. The highest BCUT2D eigenvalue weighted by Crippen LogP contribution is 2.69. The summed E-state index contributed by atoms with van der Waals surface area (Å²) in [7, 11) is 0. The van der Waals surface area contributed by atoms with Crippen LogP contribution in [0.15, 0.2) is 23.8 Å². The molecule has 0 aliphatic rings. The van der Waals surface area contributed by atoms with E-state index < -0.39 is 168 Å². The zero-order chi connectivity index (χ0) is 64.6. The summed E-state index contributed by atoms with van der Waals surface area (Å²) in [6.45, 7) is 1.99. The van der Waals surface area contributed by atoms with Gasteiger partial charge in [-0.05, 0) is 20.3 Å². The van der Waals surface area contributed by atoms with Crippen molar-refractivity contribution in [1.82, 2.24) is 0 Å². The van der Waals surface area contributed by atoms with E-state index in [-0.39, 0.29) is 6.08 Å². The number of esters is 1. The fraction of sp³-hybridized carbons (Fsp3) is 0.812. The van der Waals surface area contributed by atoms with Gasteiger partial charge in [0.1, 0.15) is 0 Å². The van der Waals surface area contributed by atoms with Gasteiger partial charge in [0.2, 0.25) is 0 Å². The molecule has 464 valence electrons. The van der Waals surface area contributed by atoms with Crippen molar-refractivity contribution in [2.45, 2.75) is 152 Å². The van der Waals surface area contributed by atoms with E-state index in [4.69, 9.17) is 5.11 Å². The Bertz CT molecular complexity index is 2170. The second-order valence-electron chi connectivity index (χ2n) is 15.0. The summed E-state index contributed by atoms with van der Waals surface area (Å²) >= 11 is 0. The largest absolute Gasteiger partial charge is 0.478 e. The predicted molar refractivity (Wildman–Crippen MR) is 162 cm³/mol. The molecule has 0 aromatic rings. The van der Waals surface area contributed by atoms with Gasteiger partial charge in [-0.25, -0.2) is 9.59 Å². The van der Waals surface area contributed by atoms with Crippen LogP contribution in [0.25, 0.3) is 0 Å². The van der Waals surface area contributed by atoms with E-state index in [2.05, 4.69) is 11.3 Å². The maximum Gasteiger partial charge on any atom is 0.460 e. The highest BCUT2D eigenvalue weighted by molar-refractivity contribution is 5.87. The zero-order valence-electron chi connectivity index (χ0n) is 35.7. The molecule has 0 heterocycles. The number of allylic oxidation sites excluding steroid dienone is 1. The molecule has 46 heteroatoms. The third-order valence-corrected chi connectivity index (χ3v) is 9.40. The second-order valence-corrected chi connectivity index (χ2v) is 15.0. The van der Waals surface area contributed by atoms with E-state index in [1.807, 2.05) is 0 Å². The summed E-state index contributed by atoms with van der Waals surface area (Å²) in [5.74, 6) is -158. The van der Waals surface area contributed by atoms with Crippen LogP contribution < -0.4 is 0 Å². The van der Waals surface area contributed by atoms with Crippen molar-refractivity contribution < 1.29 is 204 Å². The molecular formula is C32H18F42O4. The molecule has 0 unspecified atom stereocenters. The van der Waals surface area contributed by atoms with Gasteiger partial charge >= 0.3 is 131 Å². The van der Waals surface area contributed by atoms with Crippen molar-refractivity contribution in [3.63, 3.8) is 0 Å². The Hall–Kier alpha value is -4.52. The Balaban J connectivity index is 0. The van der Waals surface area contributed by atoms with Crippen LogP contribution in [0.3, 0.4) is 0 Å². The van der Waals surface area contributed by atoms with E-state index in [9.17, 15) is 194 Å². The second kappa shape index (κ2) is 20.8. The number of aliphatic carboxylic acids is 1. The molecule has 78 heavy (non-hydrogen) atoms. The van der Waals surface area contributed by atoms with Gasteiger partial charge in [-0.1, -0.05) is 12.7 Å². The van der Waals surface area contributed by atoms with Crippen LogP contribution in [0.4, 0.5) is 184 Å². The summed E-state index contributed by atoms with van der Waals surface area (Å²) in [4.78, 5) is 21.3. The molecule has 0 rings (SSSR count). The molecule has 0 spiro atoms. The first-order chi connectivity index (χ1) is 33.2. The Labute approximate surface area is 399 Å². The number of carboxylic acid groups (broad SMARTS) is 1. The van der Waals surface area contributed by atoms with E-state index in [0.29, 0.717) is 6.92 Å².